The number of carbonyl (C=O) groups is 2. The summed E-state index contributed by atoms with van der Waals surface area (Å²) in [7, 11) is 1.41. The number of nitro groups is 1. The van der Waals surface area contributed by atoms with Crippen molar-refractivity contribution in [3.05, 3.63) is 87.0 Å². The molecule has 0 saturated carbocycles. The highest BCUT2D eigenvalue weighted by Gasteiger charge is 2.41. The van der Waals surface area contributed by atoms with E-state index in [1.807, 2.05) is 0 Å². The molecular weight excluding hydrogens is 480 g/mol. The van der Waals surface area contributed by atoms with Gasteiger partial charge in [-0.15, -0.1) is 0 Å². The summed E-state index contributed by atoms with van der Waals surface area (Å²) in [6.45, 7) is 0. The van der Waals surface area contributed by atoms with Crippen LogP contribution in [0.3, 0.4) is 0 Å². The number of thiocarbonyl (C=S) groups is 1. The number of nitrogens with zero attached hydrogens (tertiary/aromatic N) is 2. The first-order chi connectivity index (χ1) is 16.3. The monoisotopic (exact) mass is 496 g/mol. The van der Waals surface area contributed by atoms with Crippen LogP contribution in [-0.4, -0.2) is 38.2 Å². The molecule has 1 amide bonds. The standard InChI is InChI=1S/C23H16N2O7S2/c1-31-14-7-9-16(17(11-14)25(29)30)18-10-8-15(32-18)12-19-21(26)24(23(33)34-19)20(22(27)28)13-5-3-2-4-6-13/h2-12,20H,1H3,(H,27,28)/b19-12-/t20-/m0/s1. The Labute approximate surface area is 202 Å². The van der Waals surface area contributed by atoms with Gasteiger partial charge in [-0.05, 0) is 29.8 Å². The van der Waals surface area contributed by atoms with Crippen LogP contribution in [-0.2, 0) is 9.59 Å². The van der Waals surface area contributed by atoms with Gasteiger partial charge >= 0.3 is 5.97 Å². The molecule has 172 valence electrons. The molecule has 9 nitrogen and oxygen atoms in total. The first-order valence-corrected chi connectivity index (χ1v) is 11.0. The number of benzene rings is 2. The summed E-state index contributed by atoms with van der Waals surface area (Å²) in [5.41, 5.74) is 0.464. The Balaban J connectivity index is 1.65. The van der Waals surface area contributed by atoms with Crippen molar-refractivity contribution in [2.45, 2.75) is 6.04 Å². The van der Waals surface area contributed by atoms with Gasteiger partial charge in [-0.3, -0.25) is 19.8 Å². The number of furan rings is 1. The molecule has 1 aliphatic rings. The molecule has 2 aromatic carbocycles. The quantitative estimate of drug-likeness (QED) is 0.211. The van der Waals surface area contributed by atoms with E-state index in [1.165, 1.54) is 25.3 Å². The van der Waals surface area contributed by atoms with E-state index < -0.39 is 22.8 Å². The Morgan fingerprint density at radius 2 is 1.97 bits per heavy atom. The van der Waals surface area contributed by atoms with Crippen molar-refractivity contribution >= 4 is 51.9 Å². The number of thioether (sulfide) groups is 1. The smallest absolute Gasteiger partial charge is 0.331 e. The zero-order valence-electron chi connectivity index (χ0n) is 17.5. The number of aliphatic carboxylic acids is 1. The molecule has 1 saturated heterocycles. The molecule has 1 aliphatic heterocycles. The number of carboxylic acids is 1. The molecule has 0 aliphatic carbocycles. The van der Waals surface area contributed by atoms with Gasteiger partial charge in [-0.25, -0.2) is 4.79 Å². The molecular formula is C23H16N2O7S2. The number of carbonyl (C=O) groups excluding carboxylic acids is 1. The predicted octanol–water partition coefficient (Wildman–Crippen LogP) is 4.89. The summed E-state index contributed by atoms with van der Waals surface area (Å²) < 4.78 is 10.9. The van der Waals surface area contributed by atoms with Crippen LogP contribution in [0.25, 0.3) is 17.4 Å². The van der Waals surface area contributed by atoms with Crippen LogP contribution in [0.4, 0.5) is 5.69 Å². The van der Waals surface area contributed by atoms with Crippen LogP contribution >= 0.6 is 24.0 Å². The van der Waals surface area contributed by atoms with Crippen molar-refractivity contribution in [3.8, 4) is 17.1 Å². The third-order valence-electron chi connectivity index (χ3n) is 5.00. The lowest BCUT2D eigenvalue weighted by atomic mass is 10.1. The van der Waals surface area contributed by atoms with Crippen molar-refractivity contribution in [1.29, 1.82) is 0 Å². The number of ether oxygens (including phenoxy) is 1. The van der Waals surface area contributed by atoms with Crippen LogP contribution in [0.5, 0.6) is 5.75 Å². The highest BCUT2D eigenvalue weighted by atomic mass is 32.2. The maximum Gasteiger partial charge on any atom is 0.331 e. The first kappa shape index (κ1) is 23.2. The number of rotatable bonds is 7. The van der Waals surface area contributed by atoms with Crippen molar-refractivity contribution in [1.82, 2.24) is 4.90 Å². The summed E-state index contributed by atoms with van der Waals surface area (Å²) in [6.07, 6.45) is 1.43. The fourth-order valence-electron chi connectivity index (χ4n) is 3.44. The van der Waals surface area contributed by atoms with Gasteiger partial charge in [-0.1, -0.05) is 54.3 Å². The average molecular weight is 497 g/mol. The third kappa shape index (κ3) is 4.43. The second-order valence-electron chi connectivity index (χ2n) is 7.05. The van der Waals surface area contributed by atoms with Crippen LogP contribution < -0.4 is 4.74 Å². The largest absolute Gasteiger partial charge is 0.497 e. The Morgan fingerprint density at radius 1 is 1.24 bits per heavy atom. The van der Waals surface area contributed by atoms with Crippen LogP contribution in [0.2, 0.25) is 0 Å². The zero-order valence-corrected chi connectivity index (χ0v) is 19.2. The number of carboxylic acid groups (broad SMARTS) is 1. The number of hydrogen-bond donors (Lipinski definition) is 1. The minimum atomic E-state index is -1.27. The van der Waals surface area contributed by atoms with Crippen molar-refractivity contribution in [2.24, 2.45) is 0 Å². The molecule has 0 bridgehead atoms. The maximum absolute atomic E-state index is 13.1. The SMILES string of the molecule is COc1ccc(-c2ccc(/C=C3\SC(=S)N([C@H](C(=O)O)c4ccccc4)C3=O)o2)c([N+](=O)[O-])c1. The van der Waals surface area contributed by atoms with Crippen molar-refractivity contribution in [2.75, 3.05) is 7.11 Å². The molecule has 11 heteroatoms. The van der Waals surface area contributed by atoms with Crippen LogP contribution in [0, 0.1) is 10.1 Å². The molecule has 4 rings (SSSR count). The minimum Gasteiger partial charge on any atom is -0.497 e. The minimum absolute atomic E-state index is 0.102. The second-order valence-corrected chi connectivity index (χ2v) is 8.72. The van der Waals surface area contributed by atoms with Gasteiger partial charge < -0.3 is 14.3 Å². The number of amides is 1. The Morgan fingerprint density at radius 3 is 2.62 bits per heavy atom. The summed E-state index contributed by atoms with van der Waals surface area (Å²) in [6, 6.07) is 14.5. The fraction of sp³-hybridized carbons (Fsp3) is 0.0870. The third-order valence-corrected chi connectivity index (χ3v) is 6.33. The zero-order chi connectivity index (χ0) is 24.4. The van der Waals surface area contributed by atoms with Crippen molar-refractivity contribution in [3.63, 3.8) is 0 Å². The molecule has 2 heterocycles. The lowest BCUT2D eigenvalue weighted by Gasteiger charge is -2.23. The molecule has 1 N–H and O–H groups in total. The lowest BCUT2D eigenvalue weighted by molar-refractivity contribution is -0.384. The summed E-state index contributed by atoms with van der Waals surface area (Å²) in [4.78, 5) is 37.2. The van der Waals surface area contributed by atoms with Gasteiger partial charge in [0.2, 0.25) is 0 Å². The fourth-order valence-corrected chi connectivity index (χ4v) is 4.74. The van der Waals surface area contributed by atoms with E-state index in [-0.39, 0.29) is 32.0 Å². The van der Waals surface area contributed by atoms with E-state index in [9.17, 15) is 24.8 Å². The van der Waals surface area contributed by atoms with Gasteiger partial charge in [0, 0.05) is 6.08 Å². The van der Waals surface area contributed by atoms with Gasteiger partial charge in [-0.2, -0.15) is 0 Å². The number of hydrogen-bond acceptors (Lipinski definition) is 8. The predicted molar refractivity (Wildman–Crippen MR) is 129 cm³/mol. The molecule has 0 radical (unpaired) electrons. The van der Waals surface area contributed by atoms with Crippen molar-refractivity contribution < 1.29 is 28.8 Å². The Hall–Kier alpha value is -3.96. The molecule has 0 spiro atoms. The topological polar surface area (TPSA) is 123 Å². The van der Waals surface area contributed by atoms with E-state index >= 15 is 0 Å². The normalized spacial score (nSPS) is 15.6. The Kier molecular flexibility index (Phi) is 6.48. The average Bonchev–Trinajstić information content (AvgIpc) is 3.39. The second kappa shape index (κ2) is 9.49. The summed E-state index contributed by atoms with van der Waals surface area (Å²) in [5.74, 6) is -0.969. The molecule has 34 heavy (non-hydrogen) atoms. The Bertz CT molecular complexity index is 1330. The summed E-state index contributed by atoms with van der Waals surface area (Å²) in [5, 5.41) is 21.3. The highest BCUT2D eigenvalue weighted by molar-refractivity contribution is 8.26. The number of methoxy groups -OCH3 is 1. The molecule has 1 aromatic heterocycles. The van der Waals surface area contributed by atoms with Gasteiger partial charge in [0.25, 0.3) is 11.6 Å². The molecule has 3 aromatic rings. The maximum atomic E-state index is 13.1. The van der Waals surface area contributed by atoms with Crippen LogP contribution in [0.1, 0.15) is 17.4 Å². The summed E-state index contributed by atoms with van der Waals surface area (Å²) >= 11 is 6.26. The lowest BCUT2D eigenvalue weighted by Crippen LogP contribution is -2.37. The molecule has 1 fully saturated rings. The van der Waals surface area contributed by atoms with Gasteiger partial charge in [0.1, 0.15) is 21.6 Å². The van der Waals surface area contributed by atoms with Gasteiger partial charge in [0.05, 0.1) is 28.6 Å². The van der Waals surface area contributed by atoms with Gasteiger partial charge in [0.15, 0.2) is 6.04 Å². The molecule has 1 atom stereocenters. The number of nitro benzene ring substituents is 1. The van der Waals surface area contributed by atoms with Crippen LogP contribution in [0.15, 0.2) is 70.0 Å². The van der Waals surface area contributed by atoms with E-state index in [0.29, 0.717) is 11.3 Å². The first-order valence-electron chi connectivity index (χ1n) is 9.77. The van der Waals surface area contributed by atoms with E-state index in [4.69, 9.17) is 21.4 Å². The van der Waals surface area contributed by atoms with E-state index in [2.05, 4.69) is 0 Å². The highest BCUT2D eigenvalue weighted by Crippen LogP contribution is 2.39. The van der Waals surface area contributed by atoms with E-state index in [1.54, 1.807) is 48.5 Å². The molecule has 0 unspecified atom stereocenters. The van der Waals surface area contributed by atoms with E-state index in [0.717, 1.165) is 16.7 Å².